The predicted octanol–water partition coefficient (Wildman–Crippen LogP) is 2.80. The summed E-state index contributed by atoms with van der Waals surface area (Å²) < 4.78 is 72.5. The van der Waals surface area contributed by atoms with Crippen molar-refractivity contribution in [3.8, 4) is 11.5 Å². The SMILES string of the molecule is Fc1ccc(C2=[N+](Cc3ccc(Br)cc3)CCc3cc4c(cc32)OCO4)c(F)c1.OC(Cn1cncn1)(Cn1cncn1)c1ccc(F)cc1F.[Br-]. The minimum Gasteiger partial charge on any atom is -1.00 e. The van der Waals surface area contributed by atoms with Crippen molar-refractivity contribution in [3.05, 3.63) is 154 Å². The second-order valence-electron chi connectivity index (χ2n) is 12.0. The molecule has 2 aliphatic heterocycles. The van der Waals surface area contributed by atoms with E-state index in [1.165, 1.54) is 52.9 Å². The van der Waals surface area contributed by atoms with Gasteiger partial charge in [-0.25, -0.2) is 41.5 Å². The summed E-state index contributed by atoms with van der Waals surface area (Å²) in [5.74, 6) is -1.37. The van der Waals surface area contributed by atoms with Crippen molar-refractivity contribution in [1.29, 1.82) is 0 Å². The Bertz CT molecular complexity index is 2170. The third kappa shape index (κ3) is 8.08. The normalized spacial score (nSPS) is 13.3. The van der Waals surface area contributed by atoms with Crippen LogP contribution in [-0.4, -0.2) is 58.3 Å². The highest BCUT2D eigenvalue weighted by atomic mass is 79.9. The van der Waals surface area contributed by atoms with E-state index in [2.05, 4.69) is 40.7 Å². The van der Waals surface area contributed by atoms with Crippen molar-refractivity contribution in [2.24, 2.45) is 0 Å². The molecule has 1 N–H and O–H groups in total. The zero-order valence-corrected chi connectivity index (χ0v) is 30.3. The lowest BCUT2D eigenvalue weighted by molar-refractivity contribution is -0.544. The zero-order valence-electron chi connectivity index (χ0n) is 27.1. The van der Waals surface area contributed by atoms with Gasteiger partial charge in [0.2, 0.25) is 12.5 Å². The molecule has 6 aromatic rings. The van der Waals surface area contributed by atoms with Crippen LogP contribution in [-0.2, 0) is 31.7 Å². The number of ether oxygens (including phenoxy) is 2. The Kier molecular flexibility index (Phi) is 11.2. The molecular formula is C36H29Br2F4N7O3. The topological polar surface area (TPSA) is 103 Å². The first-order valence-corrected chi connectivity index (χ1v) is 16.5. The van der Waals surface area contributed by atoms with Gasteiger partial charge in [0.1, 0.15) is 60.7 Å². The molecule has 2 aliphatic rings. The first-order chi connectivity index (χ1) is 24.6. The van der Waals surface area contributed by atoms with Crippen LogP contribution in [0.5, 0.6) is 11.5 Å². The van der Waals surface area contributed by atoms with Gasteiger partial charge in [-0.1, -0.05) is 34.1 Å². The van der Waals surface area contributed by atoms with E-state index in [1.807, 2.05) is 36.4 Å². The monoisotopic (exact) mass is 841 g/mol. The Morgan fingerprint density at radius 1 is 0.769 bits per heavy atom. The third-order valence-electron chi connectivity index (χ3n) is 8.51. The number of aliphatic hydroxyl groups is 1. The maximum Gasteiger partial charge on any atom is 0.231 e. The fourth-order valence-electron chi connectivity index (χ4n) is 6.17. The van der Waals surface area contributed by atoms with E-state index in [0.29, 0.717) is 23.6 Å². The van der Waals surface area contributed by atoms with E-state index in [1.54, 1.807) is 0 Å². The van der Waals surface area contributed by atoms with Crippen LogP contribution >= 0.6 is 15.9 Å². The molecule has 0 aliphatic carbocycles. The van der Waals surface area contributed by atoms with E-state index in [4.69, 9.17) is 9.47 Å². The average Bonchev–Trinajstić information content (AvgIpc) is 3.90. The summed E-state index contributed by atoms with van der Waals surface area (Å²) in [7, 11) is 0. The maximum atomic E-state index is 14.8. The van der Waals surface area contributed by atoms with Crippen molar-refractivity contribution in [1.82, 2.24) is 29.5 Å². The summed E-state index contributed by atoms with van der Waals surface area (Å²) in [6, 6.07) is 18.7. The summed E-state index contributed by atoms with van der Waals surface area (Å²) in [6.45, 7) is 1.37. The van der Waals surface area contributed by atoms with Gasteiger partial charge in [-0.3, -0.25) is 0 Å². The lowest BCUT2D eigenvalue weighted by atomic mass is 9.91. The molecule has 8 rings (SSSR count). The van der Waals surface area contributed by atoms with E-state index in [-0.39, 0.29) is 42.4 Å². The van der Waals surface area contributed by atoms with Gasteiger partial charge in [-0.05, 0) is 48.0 Å². The van der Waals surface area contributed by atoms with Crippen LogP contribution in [0.25, 0.3) is 0 Å². The molecule has 0 saturated heterocycles. The summed E-state index contributed by atoms with van der Waals surface area (Å²) in [4.78, 5) is 7.57. The van der Waals surface area contributed by atoms with Crippen molar-refractivity contribution in [2.45, 2.75) is 31.7 Å². The summed E-state index contributed by atoms with van der Waals surface area (Å²) in [6.07, 6.45) is 6.20. The van der Waals surface area contributed by atoms with Crippen LogP contribution in [0.4, 0.5) is 17.6 Å². The lowest BCUT2D eigenvalue weighted by Crippen LogP contribution is -3.00. The molecule has 16 heteroatoms. The van der Waals surface area contributed by atoms with Gasteiger partial charge in [-0.2, -0.15) is 10.2 Å². The molecule has 4 heterocycles. The molecule has 0 amide bonds. The highest BCUT2D eigenvalue weighted by Crippen LogP contribution is 2.37. The molecule has 268 valence electrons. The average molecular weight is 843 g/mol. The number of hydrogen-bond acceptors (Lipinski definition) is 7. The smallest absolute Gasteiger partial charge is 0.231 e. The predicted molar refractivity (Wildman–Crippen MR) is 179 cm³/mol. The van der Waals surface area contributed by atoms with Crippen LogP contribution in [0, 0.1) is 23.3 Å². The quantitative estimate of drug-likeness (QED) is 0.186. The van der Waals surface area contributed by atoms with E-state index in [9.17, 15) is 22.7 Å². The zero-order chi connectivity index (χ0) is 35.5. The minimum atomic E-state index is -1.70. The number of rotatable bonds is 8. The second kappa shape index (κ2) is 15.8. The van der Waals surface area contributed by atoms with Crippen LogP contribution in [0.1, 0.15) is 27.8 Å². The van der Waals surface area contributed by atoms with Gasteiger partial charge in [-0.15, -0.1) is 0 Å². The molecule has 0 radical (unpaired) electrons. The Morgan fingerprint density at radius 2 is 1.38 bits per heavy atom. The number of fused-ring (bicyclic) bond motifs is 2. The highest BCUT2D eigenvalue weighted by Gasteiger charge is 2.35. The van der Waals surface area contributed by atoms with Crippen molar-refractivity contribution in [3.63, 3.8) is 0 Å². The molecule has 2 aromatic heterocycles. The Labute approximate surface area is 313 Å². The summed E-state index contributed by atoms with van der Waals surface area (Å²) >= 11 is 3.46. The van der Waals surface area contributed by atoms with Crippen molar-refractivity contribution < 1.29 is 53.7 Å². The molecule has 0 bridgehead atoms. The number of benzene rings is 4. The molecule has 10 nitrogen and oxygen atoms in total. The van der Waals surface area contributed by atoms with Crippen LogP contribution in [0.2, 0.25) is 0 Å². The Balaban J connectivity index is 0.000000182. The maximum absolute atomic E-state index is 14.8. The number of halogens is 6. The first kappa shape index (κ1) is 36.8. The van der Waals surface area contributed by atoms with Crippen LogP contribution in [0.15, 0.2) is 103 Å². The molecule has 0 atom stereocenters. The van der Waals surface area contributed by atoms with Gasteiger partial charge >= 0.3 is 0 Å². The summed E-state index contributed by atoms with van der Waals surface area (Å²) in [5, 5.41) is 18.8. The van der Waals surface area contributed by atoms with Crippen LogP contribution < -0.4 is 26.5 Å². The lowest BCUT2D eigenvalue weighted by Gasteiger charge is -2.28. The number of aromatic nitrogens is 6. The van der Waals surface area contributed by atoms with E-state index >= 15 is 0 Å². The minimum absolute atomic E-state index is 0. The molecule has 0 spiro atoms. The van der Waals surface area contributed by atoms with Crippen molar-refractivity contribution in [2.75, 3.05) is 13.3 Å². The Morgan fingerprint density at radius 3 is 1.98 bits per heavy atom. The molecular weight excluding hydrogens is 814 g/mol. The first-order valence-electron chi connectivity index (χ1n) is 15.7. The van der Waals surface area contributed by atoms with Gasteiger partial charge in [0.15, 0.2) is 18.0 Å². The van der Waals surface area contributed by atoms with E-state index in [0.717, 1.165) is 58.0 Å². The number of nitrogens with zero attached hydrogens (tertiary/aromatic N) is 7. The highest BCUT2D eigenvalue weighted by molar-refractivity contribution is 9.10. The largest absolute Gasteiger partial charge is 1.00 e. The van der Waals surface area contributed by atoms with Gasteiger partial charge in [0, 0.05) is 34.2 Å². The van der Waals surface area contributed by atoms with Gasteiger partial charge < -0.3 is 31.6 Å². The summed E-state index contributed by atoms with van der Waals surface area (Å²) in [5.41, 5.74) is 2.44. The third-order valence-corrected chi connectivity index (χ3v) is 9.04. The number of hydrogen-bond donors (Lipinski definition) is 1. The second-order valence-corrected chi connectivity index (χ2v) is 12.9. The molecule has 4 aromatic carbocycles. The standard InChI is InChI=1S/C23H17BrF2NO2.C13H12F2N6O.BrH/c24-16-3-1-14(2-4-16)12-27-8-7-15-9-21-22(29-13-28-21)11-19(15)23(27)18-6-5-17(25)10-20(18)26;14-10-1-2-11(12(15)3-10)13(22,4-20-8-16-6-18-20)5-21-9-17-7-19-21;/h1-6,9-11H,7-8,12-13H2;1-3,6-9,22H,4-5H2;1H/q+1;;/p-1. The van der Waals surface area contributed by atoms with E-state index < -0.39 is 28.9 Å². The molecule has 0 unspecified atom stereocenters. The fourth-order valence-corrected chi connectivity index (χ4v) is 6.43. The molecule has 52 heavy (non-hydrogen) atoms. The molecule has 0 fully saturated rings. The van der Waals surface area contributed by atoms with Crippen molar-refractivity contribution >= 4 is 21.6 Å². The molecule has 0 saturated carbocycles. The fraction of sp³-hybridized carbons (Fsp3) is 0.194. The van der Waals surface area contributed by atoms with Gasteiger partial charge in [0.25, 0.3) is 0 Å². The Hall–Kier alpha value is -4.93. The van der Waals surface area contributed by atoms with Gasteiger partial charge in [0.05, 0.1) is 24.2 Å². The van der Waals surface area contributed by atoms with Crippen LogP contribution in [0.3, 0.4) is 0 Å².